The van der Waals surface area contributed by atoms with Crippen molar-refractivity contribution in [2.24, 2.45) is 0 Å². The lowest BCUT2D eigenvalue weighted by Crippen LogP contribution is -2.34. The SMILES string of the molecule is CCNC(=O)OC(Cc1cccc2ccccc12)C(=O)O. The lowest BCUT2D eigenvalue weighted by molar-refractivity contribution is -0.146. The molecule has 0 bridgehead atoms. The lowest BCUT2D eigenvalue weighted by atomic mass is 10.00. The number of carbonyl (C=O) groups excluding carboxylic acids is 1. The fourth-order valence-electron chi connectivity index (χ4n) is 2.16. The minimum atomic E-state index is -1.21. The van der Waals surface area contributed by atoms with E-state index in [0.717, 1.165) is 16.3 Å². The minimum absolute atomic E-state index is 0.133. The van der Waals surface area contributed by atoms with E-state index in [1.807, 2.05) is 42.5 Å². The number of carboxylic acid groups (broad SMARTS) is 1. The largest absolute Gasteiger partial charge is 0.478 e. The third-order valence-electron chi connectivity index (χ3n) is 3.13. The molecule has 110 valence electrons. The molecule has 2 rings (SSSR count). The molecule has 5 nitrogen and oxygen atoms in total. The molecular weight excluding hydrogens is 270 g/mol. The number of fused-ring (bicyclic) bond motifs is 1. The molecule has 5 heteroatoms. The van der Waals surface area contributed by atoms with Gasteiger partial charge in [0.15, 0.2) is 0 Å². The van der Waals surface area contributed by atoms with Gasteiger partial charge in [0.25, 0.3) is 0 Å². The van der Waals surface area contributed by atoms with Crippen molar-refractivity contribution in [1.29, 1.82) is 0 Å². The van der Waals surface area contributed by atoms with E-state index >= 15 is 0 Å². The highest BCUT2D eigenvalue weighted by molar-refractivity contribution is 5.86. The molecule has 0 radical (unpaired) electrons. The molecule has 2 aromatic carbocycles. The fourth-order valence-corrected chi connectivity index (χ4v) is 2.16. The number of carbonyl (C=O) groups is 2. The number of hydrogen-bond acceptors (Lipinski definition) is 3. The number of carboxylic acids is 1. The number of aliphatic carboxylic acids is 1. The molecule has 0 spiro atoms. The Bertz CT molecular complexity index is 648. The van der Waals surface area contributed by atoms with E-state index in [1.54, 1.807) is 6.92 Å². The second-order valence-corrected chi connectivity index (χ2v) is 4.60. The van der Waals surface area contributed by atoms with Crippen LogP contribution in [0.15, 0.2) is 42.5 Å². The van der Waals surface area contributed by atoms with Crippen LogP contribution >= 0.6 is 0 Å². The normalized spacial score (nSPS) is 11.9. The van der Waals surface area contributed by atoms with Crippen LogP contribution in [0, 0.1) is 0 Å². The number of alkyl carbamates (subject to hydrolysis) is 1. The third-order valence-corrected chi connectivity index (χ3v) is 3.13. The molecule has 0 saturated heterocycles. The molecular formula is C16H17NO4. The first-order valence-corrected chi connectivity index (χ1v) is 6.75. The van der Waals surface area contributed by atoms with Gasteiger partial charge in [-0.2, -0.15) is 0 Å². The molecule has 2 N–H and O–H groups in total. The second-order valence-electron chi connectivity index (χ2n) is 4.60. The summed E-state index contributed by atoms with van der Waals surface area (Å²) in [6.45, 7) is 2.13. The van der Waals surface area contributed by atoms with Crippen molar-refractivity contribution < 1.29 is 19.4 Å². The van der Waals surface area contributed by atoms with Gasteiger partial charge in [0.1, 0.15) is 0 Å². The maximum absolute atomic E-state index is 11.4. The summed E-state index contributed by atoms with van der Waals surface area (Å²) in [5.74, 6) is -1.16. The Morgan fingerprint density at radius 2 is 1.90 bits per heavy atom. The monoisotopic (exact) mass is 287 g/mol. The van der Waals surface area contributed by atoms with Gasteiger partial charge in [0.05, 0.1) is 0 Å². The Morgan fingerprint density at radius 1 is 1.19 bits per heavy atom. The van der Waals surface area contributed by atoms with Crippen LogP contribution in [-0.2, 0) is 16.0 Å². The van der Waals surface area contributed by atoms with E-state index in [-0.39, 0.29) is 6.42 Å². The second kappa shape index (κ2) is 6.74. The molecule has 0 saturated carbocycles. The highest BCUT2D eigenvalue weighted by Crippen LogP contribution is 2.20. The van der Waals surface area contributed by atoms with E-state index in [2.05, 4.69) is 5.32 Å². The summed E-state index contributed by atoms with van der Waals surface area (Å²) in [4.78, 5) is 22.7. The predicted octanol–water partition coefficient (Wildman–Crippen LogP) is 2.58. The summed E-state index contributed by atoms with van der Waals surface area (Å²) in [5.41, 5.74) is 0.838. The van der Waals surface area contributed by atoms with Crippen LogP contribution in [-0.4, -0.2) is 29.8 Å². The van der Waals surface area contributed by atoms with Crippen molar-refractivity contribution >= 4 is 22.8 Å². The van der Waals surface area contributed by atoms with Gasteiger partial charge in [0.2, 0.25) is 6.10 Å². The van der Waals surface area contributed by atoms with Crippen molar-refractivity contribution in [3.8, 4) is 0 Å². The van der Waals surface area contributed by atoms with Crippen LogP contribution < -0.4 is 5.32 Å². The Balaban J connectivity index is 2.23. The average Bonchev–Trinajstić information content (AvgIpc) is 2.47. The van der Waals surface area contributed by atoms with Gasteiger partial charge in [-0.3, -0.25) is 0 Å². The van der Waals surface area contributed by atoms with Gasteiger partial charge in [-0.15, -0.1) is 0 Å². The number of nitrogens with one attached hydrogen (secondary N) is 1. The molecule has 21 heavy (non-hydrogen) atoms. The van der Waals surface area contributed by atoms with Crippen LogP contribution in [0.25, 0.3) is 10.8 Å². The Hall–Kier alpha value is -2.56. The summed E-state index contributed by atoms with van der Waals surface area (Å²) in [6, 6.07) is 13.4. The standard InChI is InChI=1S/C16H17NO4/c1-2-17-16(20)21-14(15(18)19)10-12-8-5-7-11-6-3-4-9-13(11)12/h3-9,14H,2,10H2,1H3,(H,17,20)(H,18,19). The van der Waals surface area contributed by atoms with Crippen molar-refractivity contribution in [3.05, 3.63) is 48.0 Å². The van der Waals surface area contributed by atoms with Crippen molar-refractivity contribution in [2.45, 2.75) is 19.4 Å². The van der Waals surface area contributed by atoms with Crippen LogP contribution in [0.2, 0.25) is 0 Å². The smallest absolute Gasteiger partial charge is 0.407 e. The first kappa shape index (κ1) is 14.8. The fraction of sp³-hybridized carbons (Fsp3) is 0.250. The average molecular weight is 287 g/mol. The van der Waals surface area contributed by atoms with Crippen LogP contribution in [0.5, 0.6) is 0 Å². The van der Waals surface area contributed by atoms with E-state index in [9.17, 15) is 14.7 Å². The maximum Gasteiger partial charge on any atom is 0.407 e. The van der Waals surface area contributed by atoms with Gasteiger partial charge in [-0.05, 0) is 23.3 Å². The summed E-state index contributed by atoms with van der Waals surface area (Å²) in [7, 11) is 0. The van der Waals surface area contributed by atoms with Gasteiger partial charge in [-0.25, -0.2) is 9.59 Å². The Morgan fingerprint density at radius 3 is 2.62 bits per heavy atom. The number of ether oxygens (including phenoxy) is 1. The van der Waals surface area contributed by atoms with Gasteiger partial charge < -0.3 is 15.2 Å². The summed E-state index contributed by atoms with van der Waals surface area (Å²) in [5, 5.41) is 13.6. The number of amides is 1. The molecule has 0 aliphatic heterocycles. The zero-order valence-corrected chi connectivity index (χ0v) is 11.7. The van der Waals surface area contributed by atoms with Gasteiger partial charge in [0, 0.05) is 13.0 Å². The number of hydrogen-bond donors (Lipinski definition) is 2. The van der Waals surface area contributed by atoms with E-state index in [1.165, 1.54) is 0 Å². The first-order chi connectivity index (χ1) is 10.1. The van der Waals surface area contributed by atoms with E-state index in [4.69, 9.17) is 4.74 Å². The predicted molar refractivity (Wildman–Crippen MR) is 79.2 cm³/mol. The minimum Gasteiger partial charge on any atom is -0.478 e. The molecule has 0 aliphatic carbocycles. The van der Waals surface area contributed by atoms with Crippen molar-refractivity contribution in [2.75, 3.05) is 6.54 Å². The molecule has 0 heterocycles. The van der Waals surface area contributed by atoms with Gasteiger partial charge >= 0.3 is 12.1 Å². The third kappa shape index (κ3) is 3.72. The number of rotatable bonds is 5. The van der Waals surface area contributed by atoms with Crippen molar-refractivity contribution in [3.63, 3.8) is 0 Å². The van der Waals surface area contributed by atoms with Crippen molar-refractivity contribution in [1.82, 2.24) is 5.32 Å². The van der Waals surface area contributed by atoms with Crippen LogP contribution in [0.1, 0.15) is 12.5 Å². The molecule has 0 aromatic heterocycles. The van der Waals surface area contributed by atoms with Crippen LogP contribution in [0.4, 0.5) is 4.79 Å². The molecule has 1 amide bonds. The molecule has 1 unspecified atom stereocenters. The molecule has 2 aromatic rings. The quantitative estimate of drug-likeness (QED) is 0.886. The first-order valence-electron chi connectivity index (χ1n) is 6.75. The maximum atomic E-state index is 11.4. The zero-order valence-electron chi connectivity index (χ0n) is 11.7. The Kier molecular flexibility index (Phi) is 4.77. The highest BCUT2D eigenvalue weighted by Gasteiger charge is 2.23. The molecule has 1 atom stereocenters. The van der Waals surface area contributed by atoms with E-state index < -0.39 is 18.2 Å². The molecule has 0 fully saturated rings. The zero-order chi connectivity index (χ0) is 15.2. The molecule has 0 aliphatic rings. The van der Waals surface area contributed by atoms with Gasteiger partial charge in [-0.1, -0.05) is 42.5 Å². The summed E-state index contributed by atoms with van der Waals surface area (Å²) in [6.07, 6.45) is -1.79. The topological polar surface area (TPSA) is 75.6 Å². The Labute approximate surface area is 122 Å². The summed E-state index contributed by atoms with van der Waals surface area (Å²) < 4.78 is 4.96. The van der Waals surface area contributed by atoms with Crippen LogP contribution in [0.3, 0.4) is 0 Å². The highest BCUT2D eigenvalue weighted by atomic mass is 16.6. The summed E-state index contributed by atoms with van der Waals surface area (Å²) >= 11 is 0. The lowest BCUT2D eigenvalue weighted by Gasteiger charge is -2.15. The number of benzene rings is 2. The van der Waals surface area contributed by atoms with E-state index in [0.29, 0.717) is 6.54 Å².